The van der Waals surface area contributed by atoms with Crippen molar-refractivity contribution in [2.75, 3.05) is 20.1 Å². The van der Waals surface area contributed by atoms with Gasteiger partial charge in [0, 0.05) is 23.6 Å². The van der Waals surface area contributed by atoms with Gasteiger partial charge >= 0.3 is 0 Å². The van der Waals surface area contributed by atoms with E-state index in [0.717, 1.165) is 13.0 Å². The number of aliphatic hydroxyl groups is 1. The highest BCUT2D eigenvalue weighted by Crippen LogP contribution is 2.21. The maximum Gasteiger partial charge on any atom is 0.220 e. The lowest BCUT2D eigenvalue weighted by Gasteiger charge is -2.13. The molecule has 1 aromatic carbocycles. The van der Waals surface area contributed by atoms with Crippen molar-refractivity contribution >= 4 is 29.9 Å². The van der Waals surface area contributed by atoms with Gasteiger partial charge in [0.1, 0.15) is 0 Å². The van der Waals surface area contributed by atoms with E-state index in [0.29, 0.717) is 17.0 Å². The lowest BCUT2D eigenvalue weighted by molar-refractivity contribution is -0.121. The van der Waals surface area contributed by atoms with Gasteiger partial charge in [-0.3, -0.25) is 4.79 Å². The molecule has 108 valence electrons. The van der Waals surface area contributed by atoms with E-state index >= 15 is 0 Å². The van der Waals surface area contributed by atoms with Gasteiger partial charge in [-0.25, -0.2) is 0 Å². The van der Waals surface area contributed by atoms with Crippen LogP contribution in [0, 0.1) is 0 Å². The maximum atomic E-state index is 11.5. The number of nitrogens with one attached hydrogen (secondary N) is 2. The van der Waals surface area contributed by atoms with Crippen molar-refractivity contribution < 1.29 is 9.90 Å². The largest absolute Gasteiger partial charge is 0.387 e. The standard InChI is InChI=1S/C13H19ClN2O2.ClH/c1-15-8-4-7-13(18)16-9-12(17)10-5-2-3-6-11(10)14;/h2-3,5-6,12,15,17H,4,7-9H2,1H3,(H,16,18);1H. The fourth-order valence-corrected chi connectivity index (χ4v) is 1.84. The summed E-state index contributed by atoms with van der Waals surface area (Å²) in [5, 5.41) is 16.1. The topological polar surface area (TPSA) is 61.4 Å². The Hall–Kier alpha value is -0.810. The molecule has 0 radical (unpaired) electrons. The molecular formula is C13H20Cl2N2O2. The van der Waals surface area contributed by atoms with Gasteiger partial charge in [0.2, 0.25) is 5.91 Å². The van der Waals surface area contributed by atoms with Gasteiger partial charge in [-0.2, -0.15) is 0 Å². The number of hydrogen-bond acceptors (Lipinski definition) is 3. The van der Waals surface area contributed by atoms with Crippen molar-refractivity contribution in [1.29, 1.82) is 0 Å². The summed E-state index contributed by atoms with van der Waals surface area (Å²) < 4.78 is 0. The van der Waals surface area contributed by atoms with Gasteiger partial charge in [-0.15, -0.1) is 12.4 Å². The van der Waals surface area contributed by atoms with Crippen LogP contribution in [-0.4, -0.2) is 31.2 Å². The number of amides is 1. The molecule has 0 aliphatic heterocycles. The second kappa shape index (κ2) is 10.0. The number of carbonyl (C=O) groups is 1. The van der Waals surface area contributed by atoms with E-state index in [1.54, 1.807) is 24.3 Å². The molecule has 0 aromatic heterocycles. The Morgan fingerprint density at radius 3 is 2.74 bits per heavy atom. The average Bonchev–Trinajstić information content (AvgIpc) is 2.37. The smallest absolute Gasteiger partial charge is 0.220 e. The van der Waals surface area contributed by atoms with Crippen LogP contribution in [0.5, 0.6) is 0 Å². The molecule has 19 heavy (non-hydrogen) atoms. The monoisotopic (exact) mass is 306 g/mol. The van der Waals surface area contributed by atoms with E-state index in [1.165, 1.54) is 0 Å². The van der Waals surface area contributed by atoms with Gasteiger partial charge in [-0.05, 0) is 26.1 Å². The van der Waals surface area contributed by atoms with Gasteiger partial charge < -0.3 is 15.7 Å². The molecule has 0 aliphatic carbocycles. The van der Waals surface area contributed by atoms with E-state index in [1.807, 2.05) is 7.05 Å². The highest BCUT2D eigenvalue weighted by molar-refractivity contribution is 6.31. The minimum absolute atomic E-state index is 0. The lowest BCUT2D eigenvalue weighted by Crippen LogP contribution is -2.28. The summed E-state index contributed by atoms with van der Waals surface area (Å²) in [7, 11) is 1.85. The highest BCUT2D eigenvalue weighted by atomic mass is 35.5. The molecule has 0 fully saturated rings. The number of aliphatic hydroxyl groups excluding tert-OH is 1. The summed E-state index contributed by atoms with van der Waals surface area (Å²) in [4.78, 5) is 11.5. The second-order valence-electron chi connectivity index (χ2n) is 4.05. The predicted octanol–water partition coefficient (Wildman–Crippen LogP) is 1.91. The minimum Gasteiger partial charge on any atom is -0.387 e. The van der Waals surface area contributed by atoms with Crippen LogP contribution < -0.4 is 10.6 Å². The quantitative estimate of drug-likeness (QED) is 0.674. The van der Waals surface area contributed by atoms with Crippen molar-refractivity contribution in [3.63, 3.8) is 0 Å². The Morgan fingerprint density at radius 1 is 1.42 bits per heavy atom. The van der Waals surface area contributed by atoms with Gasteiger partial charge in [0.25, 0.3) is 0 Å². The summed E-state index contributed by atoms with van der Waals surface area (Å²) in [5.41, 5.74) is 0.634. The molecule has 0 saturated carbocycles. The van der Waals surface area contributed by atoms with Crippen molar-refractivity contribution in [3.05, 3.63) is 34.9 Å². The Morgan fingerprint density at radius 2 is 2.11 bits per heavy atom. The summed E-state index contributed by atoms with van der Waals surface area (Å²) >= 11 is 5.96. The molecule has 1 atom stereocenters. The lowest BCUT2D eigenvalue weighted by atomic mass is 10.1. The number of benzene rings is 1. The first-order valence-corrected chi connectivity index (χ1v) is 6.36. The molecule has 0 aliphatic rings. The number of rotatable bonds is 7. The van der Waals surface area contributed by atoms with Gasteiger partial charge in [0.15, 0.2) is 0 Å². The van der Waals surface area contributed by atoms with E-state index in [9.17, 15) is 9.90 Å². The molecule has 1 aromatic rings. The zero-order chi connectivity index (χ0) is 13.4. The van der Waals surface area contributed by atoms with Crippen molar-refractivity contribution in [1.82, 2.24) is 10.6 Å². The van der Waals surface area contributed by atoms with E-state index in [4.69, 9.17) is 11.6 Å². The Bertz CT molecular complexity index is 389. The zero-order valence-corrected chi connectivity index (χ0v) is 12.4. The van der Waals surface area contributed by atoms with Crippen LogP contribution in [0.2, 0.25) is 5.02 Å². The third-order valence-corrected chi connectivity index (χ3v) is 2.93. The second-order valence-corrected chi connectivity index (χ2v) is 4.46. The predicted molar refractivity (Wildman–Crippen MR) is 79.8 cm³/mol. The van der Waals surface area contributed by atoms with E-state index in [2.05, 4.69) is 10.6 Å². The Balaban J connectivity index is 0.00000324. The number of hydrogen-bond donors (Lipinski definition) is 3. The Labute approximate surface area is 124 Å². The van der Waals surface area contributed by atoms with Gasteiger partial charge in [0.05, 0.1) is 6.10 Å². The molecule has 0 bridgehead atoms. The minimum atomic E-state index is -0.771. The summed E-state index contributed by atoms with van der Waals surface area (Å²) in [5.74, 6) is -0.0589. The molecule has 1 unspecified atom stereocenters. The molecule has 0 spiro atoms. The van der Waals surface area contributed by atoms with Crippen LogP contribution in [0.25, 0.3) is 0 Å². The van der Waals surface area contributed by atoms with Crippen molar-refractivity contribution in [2.45, 2.75) is 18.9 Å². The van der Waals surface area contributed by atoms with E-state index in [-0.39, 0.29) is 24.9 Å². The molecule has 6 heteroatoms. The fourth-order valence-electron chi connectivity index (χ4n) is 1.58. The molecule has 1 amide bonds. The van der Waals surface area contributed by atoms with Crippen LogP contribution in [0.4, 0.5) is 0 Å². The normalized spacial score (nSPS) is 11.5. The van der Waals surface area contributed by atoms with Crippen LogP contribution in [-0.2, 0) is 4.79 Å². The molecule has 0 heterocycles. The highest BCUT2D eigenvalue weighted by Gasteiger charge is 2.11. The van der Waals surface area contributed by atoms with Crippen molar-refractivity contribution in [2.24, 2.45) is 0 Å². The molecule has 4 nitrogen and oxygen atoms in total. The number of halogens is 2. The summed E-state index contributed by atoms with van der Waals surface area (Å²) in [6.45, 7) is 0.989. The first-order chi connectivity index (χ1) is 8.65. The summed E-state index contributed by atoms with van der Waals surface area (Å²) in [6, 6.07) is 7.07. The first kappa shape index (κ1) is 18.2. The Kier molecular flexibility index (Phi) is 9.61. The van der Waals surface area contributed by atoms with E-state index < -0.39 is 6.10 Å². The van der Waals surface area contributed by atoms with Crippen LogP contribution >= 0.6 is 24.0 Å². The number of carbonyl (C=O) groups excluding carboxylic acids is 1. The molecule has 0 saturated heterocycles. The SMILES string of the molecule is CNCCCC(=O)NCC(O)c1ccccc1Cl.Cl. The third kappa shape index (κ3) is 6.78. The first-order valence-electron chi connectivity index (χ1n) is 5.99. The summed E-state index contributed by atoms with van der Waals surface area (Å²) in [6.07, 6.45) is 0.465. The van der Waals surface area contributed by atoms with Gasteiger partial charge in [-0.1, -0.05) is 29.8 Å². The van der Waals surface area contributed by atoms with Crippen LogP contribution in [0.15, 0.2) is 24.3 Å². The fraction of sp³-hybridized carbons (Fsp3) is 0.462. The zero-order valence-electron chi connectivity index (χ0n) is 10.9. The van der Waals surface area contributed by atoms with Crippen LogP contribution in [0.1, 0.15) is 24.5 Å². The third-order valence-electron chi connectivity index (χ3n) is 2.59. The van der Waals surface area contributed by atoms with Crippen LogP contribution in [0.3, 0.4) is 0 Å². The molecule has 1 rings (SSSR count). The molecular weight excluding hydrogens is 287 g/mol. The average molecular weight is 307 g/mol. The maximum absolute atomic E-state index is 11.5. The van der Waals surface area contributed by atoms with Crippen molar-refractivity contribution in [3.8, 4) is 0 Å². The molecule has 3 N–H and O–H groups in total.